The highest BCUT2D eigenvalue weighted by atomic mass is 35.5. The number of thioether (sulfide) groups is 1. The standard InChI is InChI=1S/C18H15ClN4O2S/c1-3-10-4-15-12(6-14(10)19)11(5-16(24)25-15)8-26-18-13-7-22-23(2)17(13)20-9-21-18/h4-7,9H,3,8H2,1-2H3. The molecule has 0 fully saturated rings. The number of nitrogens with zero attached hydrogens (tertiary/aromatic N) is 4. The fraction of sp³-hybridized carbons (Fsp3) is 0.222. The summed E-state index contributed by atoms with van der Waals surface area (Å²) in [6, 6.07) is 5.23. The van der Waals surface area contributed by atoms with Gasteiger partial charge in [-0.05, 0) is 29.7 Å². The molecule has 4 aromatic rings. The van der Waals surface area contributed by atoms with Crippen LogP contribution in [0.25, 0.3) is 22.0 Å². The highest BCUT2D eigenvalue weighted by molar-refractivity contribution is 7.98. The van der Waals surface area contributed by atoms with Crippen LogP contribution >= 0.6 is 23.4 Å². The zero-order valence-corrected chi connectivity index (χ0v) is 15.8. The fourth-order valence-corrected chi connectivity index (χ4v) is 4.13. The van der Waals surface area contributed by atoms with Crippen molar-refractivity contribution in [3.63, 3.8) is 0 Å². The molecule has 0 spiro atoms. The quantitative estimate of drug-likeness (QED) is 0.300. The van der Waals surface area contributed by atoms with Crippen molar-refractivity contribution in [2.45, 2.75) is 24.1 Å². The number of benzene rings is 1. The van der Waals surface area contributed by atoms with Gasteiger partial charge in [0, 0.05) is 29.3 Å². The third kappa shape index (κ3) is 2.97. The predicted molar refractivity (Wildman–Crippen MR) is 103 cm³/mol. The Morgan fingerprint density at radius 3 is 2.85 bits per heavy atom. The smallest absolute Gasteiger partial charge is 0.336 e. The number of fused-ring (bicyclic) bond motifs is 2. The Hall–Kier alpha value is -2.38. The van der Waals surface area contributed by atoms with Crippen molar-refractivity contribution in [1.29, 1.82) is 0 Å². The summed E-state index contributed by atoms with van der Waals surface area (Å²) in [6.45, 7) is 2.01. The molecule has 0 aliphatic rings. The summed E-state index contributed by atoms with van der Waals surface area (Å²) in [7, 11) is 1.84. The predicted octanol–water partition coefficient (Wildman–Crippen LogP) is 3.98. The Balaban J connectivity index is 1.75. The van der Waals surface area contributed by atoms with Crippen molar-refractivity contribution in [2.75, 3.05) is 0 Å². The van der Waals surface area contributed by atoms with Crippen LogP contribution in [0.4, 0.5) is 0 Å². The molecule has 4 rings (SSSR count). The molecule has 0 bridgehead atoms. The third-order valence-electron chi connectivity index (χ3n) is 4.24. The lowest BCUT2D eigenvalue weighted by Crippen LogP contribution is -2.01. The van der Waals surface area contributed by atoms with Crippen LogP contribution in [-0.2, 0) is 19.2 Å². The Kier molecular flexibility index (Phi) is 4.42. The van der Waals surface area contributed by atoms with Gasteiger partial charge in [-0.25, -0.2) is 14.8 Å². The lowest BCUT2D eigenvalue weighted by Gasteiger charge is -2.08. The first-order valence-corrected chi connectivity index (χ1v) is 9.44. The van der Waals surface area contributed by atoms with Crippen LogP contribution in [0.15, 0.2) is 45.0 Å². The number of aryl methyl sites for hydroxylation is 2. The monoisotopic (exact) mass is 386 g/mol. The topological polar surface area (TPSA) is 73.8 Å². The van der Waals surface area contributed by atoms with Gasteiger partial charge in [0.25, 0.3) is 0 Å². The van der Waals surface area contributed by atoms with Gasteiger partial charge in [0.1, 0.15) is 16.9 Å². The second-order valence-corrected chi connectivity index (χ2v) is 7.23. The zero-order chi connectivity index (χ0) is 18.3. The first-order chi connectivity index (χ1) is 12.6. The summed E-state index contributed by atoms with van der Waals surface area (Å²) >= 11 is 7.88. The molecule has 0 radical (unpaired) electrons. The average molecular weight is 387 g/mol. The van der Waals surface area contributed by atoms with Crippen LogP contribution in [0.1, 0.15) is 18.1 Å². The molecular weight excluding hydrogens is 372 g/mol. The molecule has 0 aliphatic heterocycles. The van der Waals surface area contributed by atoms with Crippen molar-refractivity contribution in [3.05, 3.63) is 57.3 Å². The third-order valence-corrected chi connectivity index (χ3v) is 5.64. The molecule has 0 amide bonds. The van der Waals surface area contributed by atoms with E-state index in [4.69, 9.17) is 16.0 Å². The Labute approximate surface area is 158 Å². The van der Waals surface area contributed by atoms with Crippen LogP contribution in [0.3, 0.4) is 0 Å². The van der Waals surface area contributed by atoms with Gasteiger partial charge in [-0.3, -0.25) is 4.68 Å². The first kappa shape index (κ1) is 17.1. The minimum Gasteiger partial charge on any atom is -0.423 e. The van der Waals surface area contributed by atoms with Crippen LogP contribution in [-0.4, -0.2) is 19.7 Å². The molecule has 0 atom stereocenters. The lowest BCUT2D eigenvalue weighted by atomic mass is 10.1. The van der Waals surface area contributed by atoms with Crippen LogP contribution < -0.4 is 5.63 Å². The number of rotatable bonds is 4. The highest BCUT2D eigenvalue weighted by Crippen LogP contribution is 2.31. The van der Waals surface area contributed by atoms with Crippen molar-refractivity contribution >= 4 is 45.4 Å². The molecule has 8 heteroatoms. The largest absolute Gasteiger partial charge is 0.423 e. The van der Waals surface area contributed by atoms with Crippen molar-refractivity contribution in [2.24, 2.45) is 7.05 Å². The highest BCUT2D eigenvalue weighted by Gasteiger charge is 2.12. The second-order valence-electron chi connectivity index (χ2n) is 5.86. The van der Waals surface area contributed by atoms with Crippen molar-refractivity contribution in [1.82, 2.24) is 19.7 Å². The minimum atomic E-state index is -0.369. The number of halogens is 1. The summed E-state index contributed by atoms with van der Waals surface area (Å²) < 4.78 is 7.07. The van der Waals surface area contributed by atoms with E-state index in [1.165, 1.54) is 24.2 Å². The first-order valence-electron chi connectivity index (χ1n) is 8.07. The molecule has 0 unspecified atom stereocenters. The molecular formula is C18H15ClN4O2S. The summed E-state index contributed by atoms with van der Waals surface area (Å²) in [4.78, 5) is 20.6. The van der Waals surface area contributed by atoms with E-state index < -0.39 is 0 Å². The van der Waals surface area contributed by atoms with Gasteiger partial charge in [0.2, 0.25) is 0 Å². The van der Waals surface area contributed by atoms with Gasteiger partial charge in [0.05, 0.1) is 11.6 Å². The van der Waals surface area contributed by atoms with Gasteiger partial charge in [-0.2, -0.15) is 5.10 Å². The van der Waals surface area contributed by atoms with Gasteiger partial charge < -0.3 is 4.42 Å². The van der Waals surface area contributed by atoms with Gasteiger partial charge >= 0.3 is 5.63 Å². The van der Waals surface area contributed by atoms with Gasteiger partial charge in [-0.1, -0.05) is 18.5 Å². The van der Waals surface area contributed by atoms with E-state index in [1.807, 2.05) is 26.1 Å². The Morgan fingerprint density at radius 2 is 2.04 bits per heavy atom. The molecule has 1 aromatic carbocycles. The summed E-state index contributed by atoms with van der Waals surface area (Å²) in [6.07, 6.45) is 4.05. The SMILES string of the molecule is CCc1cc2oc(=O)cc(CSc3ncnc4c3cnn4C)c2cc1Cl. The molecule has 0 saturated heterocycles. The molecule has 3 aromatic heterocycles. The summed E-state index contributed by atoms with van der Waals surface area (Å²) in [5, 5.41) is 7.45. The van der Waals surface area contributed by atoms with Crippen LogP contribution in [0.5, 0.6) is 0 Å². The van der Waals surface area contributed by atoms with E-state index in [0.29, 0.717) is 16.4 Å². The zero-order valence-electron chi connectivity index (χ0n) is 14.2. The van der Waals surface area contributed by atoms with Crippen LogP contribution in [0, 0.1) is 0 Å². The maximum atomic E-state index is 12.0. The van der Waals surface area contributed by atoms with Gasteiger partial charge in [0.15, 0.2) is 5.65 Å². The second kappa shape index (κ2) is 6.74. The molecule has 132 valence electrons. The maximum absolute atomic E-state index is 12.0. The maximum Gasteiger partial charge on any atom is 0.336 e. The molecule has 3 heterocycles. The van der Waals surface area contributed by atoms with Crippen LogP contribution in [0.2, 0.25) is 5.02 Å². The molecule has 0 N–H and O–H groups in total. The van der Waals surface area contributed by atoms with E-state index in [1.54, 1.807) is 10.9 Å². The number of hydrogen-bond acceptors (Lipinski definition) is 6. The summed E-state index contributed by atoms with van der Waals surface area (Å²) in [5.74, 6) is 0.560. The number of hydrogen-bond donors (Lipinski definition) is 0. The van der Waals surface area contributed by atoms with Crippen molar-refractivity contribution in [3.8, 4) is 0 Å². The number of aromatic nitrogens is 4. The summed E-state index contributed by atoms with van der Waals surface area (Å²) in [5.41, 5.74) is 2.78. The molecule has 0 saturated carbocycles. The van der Waals surface area contributed by atoms with E-state index >= 15 is 0 Å². The van der Waals surface area contributed by atoms with E-state index in [9.17, 15) is 4.79 Å². The Morgan fingerprint density at radius 1 is 1.19 bits per heavy atom. The lowest BCUT2D eigenvalue weighted by molar-refractivity contribution is 0.559. The molecule has 0 aliphatic carbocycles. The van der Waals surface area contributed by atoms with E-state index in [0.717, 1.165) is 39.0 Å². The average Bonchev–Trinajstić information content (AvgIpc) is 3.01. The van der Waals surface area contributed by atoms with E-state index in [-0.39, 0.29) is 5.63 Å². The Bertz CT molecular complexity index is 1190. The minimum absolute atomic E-state index is 0.369. The van der Waals surface area contributed by atoms with Gasteiger partial charge in [-0.15, -0.1) is 11.8 Å². The van der Waals surface area contributed by atoms with Crippen molar-refractivity contribution < 1.29 is 4.42 Å². The molecule has 6 nitrogen and oxygen atoms in total. The van der Waals surface area contributed by atoms with E-state index in [2.05, 4.69) is 15.1 Å². The fourth-order valence-electron chi connectivity index (χ4n) is 2.88. The normalized spacial score (nSPS) is 11.5. The molecule has 26 heavy (non-hydrogen) atoms.